The molecule has 2 unspecified atom stereocenters. The maximum atomic E-state index is 11.1. The number of aliphatic hydroxyl groups is 1. The SMILES string of the molecule is Brc1ccc2ncnn2c1.C.Cl.Clc1ccc(C2CNCc3cc(-c4ccc5ncnn5c4)ccc32)cc1Cl.NCC(=O)c1ccc(Cl)c(Cl)c1.O=Cc1cccc(-c2ccc3ncnn3c2)c1.O=Cc1cccc(B(O)O)c1.O=S(=O)(O)O.OC(CNCc1cccc(-c2ccc3ncnn3c2)c1)c1ccc(Cl)c(Cl)c1. The average Bonchev–Trinajstić information content (AvgIpc) is 0.904. The molecule has 0 saturated heterocycles. The van der Waals surface area contributed by atoms with Gasteiger partial charge in [-0.05, 0) is 175 Å². The lowest BCUT2D eigenvalue weighted by atomic mass is 9.80. The zero-order chi connectivity index (χ0) is 78.4. The van der Waals surface area contributed by atoms with E-state index < -0.39 is 23.6 Å². The van der Waals surface area contributed by atoms with Crippen LogP contribution in [-0.2, 0) is 23.5 Å². The van der Waals surface area contributed by atoms with Crippen molar-refractivity contribution in [3.63, 3.8) is 0 Å². The molecule has 0 aliphatic carbocycles. The molecular weight excluding hydrogens is 1670 g/mol. The maximum Gasteiger partial charge on any atom is 0.488 e. The fourth-order valence-corrected chi connectivity index (χ4v) is 12.2. The van der Waals surface area contributed by atoms with Crippen molar-refractivity contribution in [2.24, 2.45) is 5.73 Å². The highest BCUT2D eigenvalue weighted by Gasteiger charge is 2.23. The monoisotopic (exact) mass is 1730 g/mol. The molecule has 0 fully saturated rings. The van der Waals surface area contributed by atoms with Gasteiger partial charge in [-0.1, -0.05) is 162 Å². The van der Waals surface area contributed by atoms with E-state index >= 15 is 0 Å². The molecule has 15 aromatic rings. The second kappa shape index (κ2) is 42.2. The van der Waals surface area contributed by atoms with Gasteiger partial charge < -0.3 is 31.5 Å². The molecule has 25 nitrogen and oxygen atoms in total. The van der Waals surface area contributed by atoms with Crippen LogP contribution in [-0.4, -0.2) is 136 Å². The Kier molecular flexibility index (Phi) is 33.1. The number of ketones is 1. The Morgan fingerprint density at radius 1 is 0.562 bits per heavy atom. The largest absolute Gasteiger partial charge is 0.488 e. The Balaban J connectivity index is 0.000000173. The topological polar surface area (TPSA) is 357 Å². The molecule has 0 radical (unpaired) electrons. The summed E-state index contributed by atoms with van der Waals surface area (Å²) in [5.41, 5.74) is 22.5. The van der Waals surface area contributed by atoms with Gasteiger partial charge in [-0.2, -0.15) is 28.8 Å². The van der Waals surface area contributed by atoms with E-state index in [9.17, 15) is 19.5 Å². The molecule has 1 aliphatic heterocycles. The summed E-state index contributed by atoms with van der Waals surface area (Å²) in [6, 6.07) is 60.0. The molecule has 16 rings (SSSR count). The van der Waals surface area contributed by atoms with Gasteiger partial charge in [0, 0.05) is 94.7 Å². The standard InChI is InChI=1S/C21H18Cl2N4O.C21H16Cl2N4.C13H9N3O.C8H7Cl2NO.C7H7BO3.C6H4BrN3.CH4.ClH.H2O4S/c22-18-6-4-16(9-19(18)23)20(28)11-24-10-14-2-1-3-15(8-14)17-5-7-21-25-13-26-27(21)12-17;22-19-5-2-14(8-20(19)23)18-10-24-9-16-7-13(1-4-17(16)18)15-3-6-21-25-12-26-27(21)11-15;17-8-10-2-1-3-11(6-10)12-4-5-13-14-9-15-16(13)7-12;9-6-2-1-5(3-7(6)10)8(12)4-11;9-5-6-2-1-3-7(4-6)8(10)11;7-5-1-2-6-8-4-9-10(6)3-5;;;1-5(2,3)4/h1-9,12-13,20,24,28H,10-11H2;1-8,11-12,18,24H,9-10H2;1-9H;1-3H,4,11H2;1-5,10-11H;1-4H;1H4;1H;(H2,1,2,3,4). The average molecular weight is 1730 g/mol. The van der Waals surface area contributed by atoms with Crippen molar-refractivity contribution in [2.45, 2.75) is 32.5 Å². The molecule has 0 amide bonds. The molecular formula is C77H68BBrCl7N15O10S. The summed E-state index contributed by atoms with van der Waals surface area (Å²) in [6.45, 7) is 2.77. The van der Waals surface area contributed by atoms with E-state index in [0.717, 1.165) is 85.4 Å². The third-order valence-electron chi connectivity index (χ3n) is 16.3. The summed E-state index contributed by atoms with van der Waals surface area (Å²) in [5.74, 6) is 0.115. The molecule has 1 aliphatic rings. The number of carbonyl (C=O) groups excluding carboxylic acids is 3. The normalized spacial score (nSPS) is 12.1. The number of hydrogen-bond acceptors (Lipinski definition) is 19. The zero-order valence-electron chi connectivity index (χ0n) is 57.7. The Morgan fingerprint density at radius 3 is 1.54 bits per heavy atom. The first-order valence-corrected chi connectivity index (χ1v) is 37.3. The van der Waals surface area contributed by atoms with Crippen LogP contribution in [0.4, 0.5) is 0 Å². The number of rotatable bonds is 14. The number of Topliss-reactive ketones (excluding diaryl/α,β-unsaturated/α-hetero) is 1. The van der Waals surface area contributed by atoms with E-state index in [-0.39, 0.29) is 38.1 Å². The van der Waals surface area contributed by atoms with Gasteiger partial charge in [0.2, 0.25) is 0 Å². The van der Waals surface area contributed by atoms with E-state index in [4.69, 9.17) is 103 Å². The molecule has 0 saturated carbocycles. The van der Waals surface area contributed by atoms with Gasteiger partial charge in [0.1, 0.15) is 37.9 Å². The summed E-state index contributed by atoms with van der Waals surface area (Å²) in [7, 11) is -6.17. The minimum atomic E-state index is -4.67. The van der Waals surface area contributed by atoms with Crippen molar-refractivity contribution in [3.8, 4) is 33.4 Å². The zero-order valence-corrected chi connectivity index (χ0v) is 65.5. The molecule has 112 heavy (non-hydrogen) atoms. The Labute approximate surface area is 687 Å². The number of halogens is 8. The highest BCUT2D eigenvalue weighted by molar-refractivity contribution is 9.10. The van der Waals surface area contributed by atoms with Crippen LogP contribution in [0.3, 0.4) is 0 Å². The molecule has 2 atom stereocenters. The number of aliphatic hydroxyl groups excluding tert-OH is 1. The fraction of sp³-hybridized carbons (Fsp3) is 0.104. The number of aldehydes is 2. The van der Waals surface area contributed by atoms with Crippen molar-refractivity contribution >= 4 is 162 Å². The molecule has 576 valence electrons. The number of fused-ring (bicyclic) bond motifs is 5. The Morgan fingerprint density at radius 2 is 1.03 bits per heavy atom. The number of nitrogens with two attached hydrogens (primary N) is 1. The summed E-state index contributed by atoms with van der Waals surface area (Å²) in [4.78, 5) is 48.4. The molecule has 0 bridgehead atoms. The highest BCUT2D eigenvalue weighted by Crippen LogP contribution is 2.36. The van der Waals surface area contributed by atoms with Crippen molar-refractivity contribution in [2.75, 3.05) is 19.6 Å². The highest BCUT2D eigenvalue weighted by atomic mass is 79.9. The molecule has 7 aromatic carbocycles. The van der Waals surface area contributed by atoms with Gasteiger partial charge in [0.25, 0.3) is 0 Å². The number of nitrogens with one attached hydrogen (secondary N) is 2. The number of benzene rings is 7. The van der Waals surface area contributed by atoms with Gasteiger partial charge in [-0.25, -0.2) is 38.0 Å². The number of pyridine rings is 4. The van der Waals surface area contributed by atoms with Gasteiger partial charge >= 0.3 is 17.5 Å². The predicted molar refractivity (Wildman–Crippen MR) is 444 cm³/mol. The lowest BCUT2D eigenvalue weighted by Gasteiger charge is -2.27. The Bertz CT molecular complexity index is 5820. The lowest BCUT2D eigenvalue weighted by molar-refractivity contribution is 0.100. The van der Waals surface area contributed by atoms with Gasteiger partial charge in [0.05, 0.1) is 42.8 Å². The van der Waals surface area contributed by atoms with Gasteiger partial charge in [-0.15, -0.1) is 12.4 Å². The van der Waals surface area contributed by atoms with Crippen molar-refractivity contribution in [3.05, 3.63) is 323 Å². The smallest absolute Gasteiger partial charge is 0.423 e. The first-order chi connectivity index (χ1) is 52.9. The number of hydrogen-bond donors (Lipinski definition) is 8. The predicted octanol–water partition coefficient (Wildman–Crippen LogP) is 14.9. The van der Waals surface area contributed by atoms with Crippen LogP contribution >= 0.6 is 97.9 Å². The van der Waals surface area contributed by atoms with Gasteiger partial charge in [-0.3, -0.25) is 23.5 Å². The molecule has 8 aromatic heterocycles. The van der Waals surface area contributed by atoms with Crippen molar-refractivity contribution in [1.82, 2.24) is 69.0 Å². The van der Waals surface area contributed by atoms with Crippen LogP contribution in [0.1, 0.15) is 78.3 Å². The van der Waals surface area contributed by atoms with Crippen LogP contribution in [0.2, 0.25) is 30.1 Å². The number of nitrogens with zero attached hydrogens (tertiary/aromatic N) is 12. The molecule has 9 N–H and O–H groups in total. The fourth-order valence-electron chi connectivity index (χ4n) is 10.9. The Hall–Kier alpha value is -9.77. The van der Waals surface area contributed by atoms with Crippen LogP contribution in [0.15, 0.2) is 249 Å². The van der Waals surface area contributed by atoms with E-state index in [1.165, 1.54) is 53.1 Å². The maximum absolute atomic E-state index is 11.1. The number of carbonyl (C=O) groups is 3. The lowest BCUT2D eigenvalue weighted by Crippen LogP contribution is -2.29. The van der Waals surface area contributed by atoms with E-state index in [1.807, 2.05) is 104 Å². The summed E-state index contributed by atoms with van der Waals surface area (Å²) >= 11 is 38.9. The molecule has 9 heterocycles. The molecule has 0 spiro atoms. The quantitative estimate of drug-likeness (QED) is 0.0217. The first kappa shape index (κ1) is 87.8. The van der Waals surface area contributed by atoms with Crippen LogP contribution < -0.4 is 21.8 Å². The summed E-state index contributed by atoms with van der Waals surface area (Å²) in [5, 5.41) is 53.9. The second-order valence-corrected chi connectivity index (χ2v) is 28.0. The number of aromatic nitrogens is 12. The van der Waals surface area contributed by atoms with E-state index in [2.05, 4.69) is 115 Å². The van der Waals surface area contributed by atoms with Gasteiger partial charge in [0.15, 0.2) is 28.4 Å². The minimum Gasteiger partial charge on any atom is -0.423 e. The van der Waals surface area contributed by atoms with E-state index in [1.54, 1.807) is 79.2 Å². The van der Waals surface area contributed by atoms with Crippen LogP contribution in [0, 0.1) is 0 Å². The minimum absolute atomic E-state index is 0. The van der Waals surface area contributed by atoms with Crippen molar-refractivity contribution < 1.29 is 47.1 Å². The summed E-state index contributed by atoms with van der Waals surface area (Å²) in [6.07, 6.45) is 14.7. The van der Waals surface area contributed by atoms with Crippen LogP contribution in [0.5, 0.6) is 0 Å². The third kappa shape index (κ3) is 25.1. The van der Waals surface area contributed by atoms with E-state index in [0.29, 0.717) is 71.7 Å². The third-order valence-corrected chi connectivity index (χ3v) is 19.0. The first-order valence-electron chi connectivity index (χ1n) is 32.8. The van der Waals surface area contributed by atoms with Crippen molar-refractivity contribution in [1.29, 1.82) is 0 Å². The summed E-state index contributed by atoms with van der Waals surface area (Å²) < 4.78 is 39.6. The molecule has 35 heteroatoms. The second-order valence-electron chi connectivity index (χ2n) is 23.8. The van der Waals surface area contributed by atoms with Crippen LogP contribution in [0.25, 0.3) is 56.0 Å².